The number of allylic oxidation sites excluding steroid dienone is 4. The first-order valence-corrected chi connectivity index (χ1v) is 13.0. The third kappa shape index (κ3) is 10.3. The maximum atomic E-state index is 12.6. The molecule has 1 rings (SSSR count). The number of nitrogens with two attached hydrogens (primary N) is 2. The number of rotatable bonds is 16. The van der Waals surface area contributed by atoms with Gasteiger partial charge in [0.25, 0.3) is 0 Å². The normalized spacial score (nSPS) is 19.4. The van der Waals surface area contributed by atoms with Crippen LogP contribution in [0.5, 0.6) is 0 Å². The molecule has 0 spiro atoms. The van der Waals surface area contributed by atoms with Gasteiger partial charge in [-0.2, -0.15) is 0 Å². The van der Waals surface area contributed by atoms with Gasteiger partial charge in [-0.3, -0.25) is 9.59 Å². The third-order valence-electron chi connectivity index (χ3n) is 6.71. The fourth-order valence-corrected chi connectivity index (χ4v) is 4.49. The standard InChI is InChI=1S/C29H42N2O10/c1-15(11-19-25(34)20(30)14-21(32)27(19)40-7)12-23(39-6)24(33)17(3)13-18(4)26(41-29(31)37)22(38-5)10-8-9-16(2)28(35)36/h8-10,13-15,17,22-24,26,33H,11-12,30H2,1-7H3,(H2,31,37)(H,35,36). The average molecular weight is 579 g/mol. The molecule has 1 aliphatic carbocycles. The smallest absolute Gasteiger partial charge is 0.405 e. The van der Waals surface area contributed by atoms with Crippen LogP contribution in [0.4, 0.5) is 4.79 Å². The zero-order chi connectivity index (χ0) is 31.4. The second kappa shape index (κ2) is 16.5. The van der Waals surface area contributed by atoms with Crippen molar-refractivity contribution in [2.24, 2.45) is 23.3 Å². The molecule has 0 saturated heterocycles. The van der Waals surface area contributed by atoms with E-state index in [-0.39, 0.29) is 34.9 Å². The number of hydrogen-bond donors (Lipinski definition) is 4. The Bertz CT molecular complexity index is 1130. The van der Waals surface area contributed by atoms with Crippen LogP contribution in [0.15, 0.2) is 58.6 Å². The van der Waals surface area contributed by atoms with Gasteiger partial charge in [-0.05, 0) is 38.2 Å². The molecule has 12 nitrogen and oxygen atoms in total. The Labute approximate surface area is 240 Å². The number of carboxylic acids is 1. The number of ether oxygens (including phenoxy) is 4. The summed E-state index contributed by atoms with van der Waals surface area (Å²) in [5, 5.41) is 20.2. The summed E-state index contributed by atoms with van der Waals surface area (Å²) in [6.45, 7) is 6.72. The van der Waals surface area contributed by atoms with Gasteiger partial charge in [-0.1, -0.05) is 38.2 Å². The number of hydrogen-bond acceptors (Lipinski definition) is 10. The molecule has 228 valence electrons. The second-order valence-corrected chi connectivity index (χ2v) is 9.98. The Morgan fingerprint density at radius 2 is 1.73 bits per heavy atom. The van der Waals surface area contributed by atoms with Crippen molar-refractivity contribution in [3.05, 3.63) is 58.6 Å². The van der Waals surface area contributed by atoms with Gasteiger partial charge in [0, 0.05) is 37.4 Å². The fraction of sp³-hybridized carbons (Fsp3) is 0.517. The third-order valence-corrected chi connectivity index (χ3v) is 6.71. The highest BCUT2D eigenvalue weighted by Crippen LogP contribution is 2.28. The van der Waals surface area contributed by atoms with Gasteiger partial charge >= 0.3 is 12.1 Å². The first-order chi connectivity index (χ1) is 19.2. The van der Waals surface area contributed by atoms with Gasteiger partial charge in [-0.15, -0.1) is 0 Å². The van der Waals surface area contributed by atoms with E-state index in [1.165, 1.54) is 46.5 Å². The molecule has 0 fully saturated rings. The zero-order valence-corrected chi connectivity index (χ0v) is 24.6. The largest absolute Gasteiger partial charge is 0.492 e. The van der Waals surface area contributed by atoms with E-state index in [1.807, 2.05) is 6.92 Å². The van der Waals surface area contributed by atoms with Crippen molar-refractivity contribution < 1.29 is 48.3 Å². The van der Waals surface area contributed by atoms with E-state index in [0.29, 0.717) is 12.0 Å². The van der Waals surface area contributed by atoms with Crippen molar-refractivity contribution in [3.8, 4) is 0 Å². The summed E-state index contributed by atoms with van der Waals surface area (Å²) < 4.78 is 21.5. The first kappa shape index (κ1) is 35.3. The van der Waals surface area contributed by atoms with Crippen LogP contribution < -0.4 is 11.5 Å². The quantitative estimate of drug-likeness (QED) is 0.0907. The number of amides is 1. The summed E-state index contributed by atoms with van der Waals surface area (Å²) in [5.74, 6) is -2.77. The number of Topliss-reactive ketones (excluding diaryl/α,β-unsaturated/α-hetero) is 1. The highest BCUT2D eigenvalue weighted by Gasteiger charge is 2.32. The van der Waals surface area contributed by atoms with Crippen LogP contribution in [-0.4, -0.2) is 79.6 Å². The number of aliphatic hydroxyl groups excluding tert-OH is 1. The van der Waals surface area contributed by atoms with Crippen LogP contribution >= 0.6 is 0 Å². The molecule has 6 unspecified atom stereocenters. The number of aliphatic hydroxyl groups is 1. The Morgan fingerprint density at radius 1 is 1.10 bits per heavy atom. The number of methoxy groups -OCH3 is 3. The van der Waals surface area contributed by atoms with Crippen molar-refractivity contribution in [3.63, 3.8) is 0 Å². The molecule has 0 saturated carbocycles. The van der Waals surface area contributed by atoms with Crippen molar-refractivity contribution >= 4 is 23.6 Å². The molecule has 0 aromatic heterocycles. The van der Waals surface area contributed by atoms with E-state index >= 15 is 0 Å². The first-order valence-electron chi connectivity index (χ1n) is 13.0. The lowest BCUT2D eigenvalue weighted by molar-refractivity contribution is -0.132. The van der Waals surface area contributed by atoms with Gasteiger partial charge in [0.15, 0.2) is 11.9 Å². The minimum atomic E-state index is -1.08. The van der Waals surface area contributed by atoms with Gasteiger partial charge in [0.2, 0.25) is 11.6 Å². The van der Waals surface area contributed by atoms with Crippen molar-refractivity contribution in [2.75, 3.05) is 21.3 Å². The number of ketones is 2. The van der Waals surface area contributed by atoms with Gasteiger partial charge < -0.3 is 40.6 Å². The summed E-state index contributed by atoms with van der Waals surface area (Å²) in [6, 6.07) is 0. The molecule has 6 atom stereocenters. The summed E-state index contributed by atoms with van der Waals surface area (Å²) in [7, 11) is 4.16. The van der Waals surface area contributed by atoms with Crippen molar-refractivity contribution in [1.82, 2.24) is 0 Å². The number of carboxylic acid groups (broad SMARTS) is 1. The molecule has 1 amide bonds. The molecule has 0 bridgehead atoms. The van der Waals surface area contributed by atoms with Crippen LogP contribution in [0.1, 0.15) is 40.5 Å². The minimum absolute atomic E-state index is 0.0478. The van der Waals surface area contributed by atoms with E-state index in [1.54, 1.807) is 19.9 Å². The van der Waals surface area contributed by atoms with E-state index in [4.69, 9.17) is 35.5 Å². The Balaban J connectivity index is 3.11. The zero-order valence-electron chi connectivity index (χ0n) is 24.6. The Kier molecular flexibility index (Phi) is 14.2. The number of carbonyl (C=O) groups excluding carboxylic acids is 3. The SMILES string of the molecule is COC1=C(CC(C)CC(OC)C(O)C(C)C=C(C)C(OC(N)=O)C(C=CC=C(C)C(=O)O)OC)C(=O)C(N)=CC1=O. The molecule has 0 aliphatic heterocycles. The van der Waals surface area contributed by atoms with Crippen LogP contribution in [-0.2, 0) is 33.3 Å². The maximum absolute atomic E-state index is 12.6. The number of aliphatic carboxylic acids is 1. The Hall–Kier alpha value is -3.74. The lowest BCUT2D eigenvalue weighted by Gasteiger charge is -2.29. The predicted octanol–water partition coefficient (Wildman–Crippen LogP) is 2.32. The van der Waals surface area contributed by atoms with Gasteiger partial charge in [0.1, 0.15) is 6.10 Å². The molecule has 0 aromatic rings. The molecule has 0 radical (unpaired) electrons. The van der Waals surface area contributed by atoms with Gasteiger partial charge in [0.05, 0.1) is 25.0 Å². The van der Waals surface area contributed by atoms with Crippen LogP contribution in [0.25, 0.3) is 0 Å². The van der Waals surface area contributed by atoms with Crippen LogP contribution in [0, 0.1) is 11.8 Å². The van der Waals surface area contributed by atoms with Crippen LogP contribution in [0.2, 0.25) is 0 Å². The summed E-state index contributed by atoms with van der Waals surface area (Å²) >= 11 is 0. The van der Waals surface area contributed by atoms with Crippen LogP contribution in [0.3, 0.4) is 0 Å². The summed E-state index contributed by atoms with van der Waals surface area (Å²) in [5.41, 5.74) is 11.6. The molecule has 6 N–H and O–H groups in total. The highest BCUT2D eigenvalue weighted by atomic mass is 16.6. The van der Waals surface area contributed by atoms with E-state index < -0.39 is 54.0 Å². The van der Waals surface area contributed by atoms with Crippen molar-refractivity contribution in [2.45, 2.75) is 65.0 Å². The van der Waals surface area contributed by atoms with E-state index in [0.717, 1.165) is 6.08 Å². The second-order valence-electron chi connectivity index (χ2n) is 9.98. The monoisotopic (exact) mass is 578 g/mol. The molecule has 12 heteroatoms. The fourth-order valence-electron chi connectivity index (χ4n) is 4.49. The summed E-state index contributed by atoms with van der Waals surface area (Å²) in [4.78, 5) is 47.5. The average Bonchev–Trinajstić information content (AvgIpc) is 2.90. The Morgan fingerprint density at radius 3 is 2.24 bits per heavy atom. The molecule has 1 aliphatic rings. The molecule has 41 heavy (non-hydrogen) atoms. The maximum Gasteiger partial charge on any atom is 0.405 e. The molecular formula is C29H42N2O10. The molecular weight excluding hydrogens is 536 g/mol. The highest BCUT2D eigenvalue weighted by molar-refractivity contribution is 6.21. The van der Waals surface area contributed by atoms with Gasteiger partial charge in [-0.25, -0.2) is 9.59 Å². The summed E-state index contributed by atoms with van der Waals surface area (Å²) in [6.07, 6.45) is 3.17. The van der Waals surface area contributed by atoms with Crippen molar-refractivity contribution in [1.29, 1.82) is 0 Å². The topological polar surface area (TPSA) is 198 Å². The molecule has 0 heterocycles. The molecule has 0 aromatic carbocycles. The van der Waals surface area contributed by atoms with E-state index in [9.17, 15) is 24.3 Å². The van der Waals surface area contributed by atoms with E-state index in [2.05, 4.69) is 0 Å². The number of primary amides is 1. The lowest BCUT2D eigenvalue weighted by atomic mass is 9.85. The lowest BCUT2D eigenvalue weighted by Crippen LogP contribution is -2.37. The predicted molar refractivity (Wildman–Crippen MR) is 150 cm³/mol. The minimum Gasteiger partial charge on any atom is -0.492 e. The number of carbonyl (C=O) groups is 4.